The summed E-state index contributed by atoms with van der Waals surface area (Å²) in [5.74, 6) is 0.730. The van der Waals surface area contributed by atoms with Gasteiger partial charge in [0, 0.05) is 0 Å². The Hall–Kier alpha value is -1.29. The van der Waals surface area contributed by atoms with E-state index in [1.54, 1.807) is 6.20 Å². The Kier molecular flexibility index (Phi) is 2.84. The Morgan fingerprint density at radius 1 is 1.29 bits per heavy atom. The molecule has 1 heterocycles. The summed E-state index contributed by atoms with van der Waals surface area (Å²) in [7, 11) is 0. The van der Waals surface area contributed by atoms with Gasteiger partial charge in [-0.15, -0.1) is 0 Å². The average molecular weight is 253 g/mol. The van der Waals surface area contributed by atoms with E-state index >= 15 is 0 Å². The van der Waals surface area contributed by atoms with E-state index in [2.05, 4.69) is 26.1 Å². The van der Waals surface area contributed by atoms with Crippen LogP contribution in [0.15, 0.2) is 41.1 Å². The van der Waals surface area contributed by atoms with Crippen molar-refractivity contribution in [3.63, 3.8) is 0 Å². The fraction of sp³-hybridized carbons (Fsp3) is 0.100. The number of hydrogen-bond acceptors (Lipinski definition) is 2. The third kappa shape index (κ3) is 2.14. The molecule has 2 aromatic rings. The SMILES string of the molecule is Brc1[nH]ncc1OCc1ccccc1. The first-order chi connectivity index (χ1) is 6.86. The Morgan fingerprint density at radius 3 is 2.71 bits per heavy atom. The van der Waals surface area contributed by atoms with E-state index < -0.39 is 0 Å². The normalized spacial score (nSPS) is 10.1. The topological polar surface area (TPSA) is 37.9 Å². The number of benzene rings is 1. The maximum Gasteiger partial charge on any atom is 0.171 e. The molecule has 0 aliphatic rings. The summed E-state index contributed by atoms with van der Waals surface area (Å²) in [4.78, 5) is 0. The first-order valence-corrected chi connectivity index (χ1v) is 5.01. The molecule has 14 heavy (non-hydrogen) atoms. The van der Waals surface area contributed by atoms with Crippen LogP contribution in [-0.4, -0.2) is 10.2 Å². The van der Waals surface area contributed by atoms with Crippen molar-refractivity contribution in [3.05, 3.63) is 46.7 Å². The summed E-state index contributed by atoms with van der Waals surface area (Å²) in [6.07, 6.45) is 1.65. The highest BCUT2D eigenvalue weighted by Gasteiger charge is 2.02. The monoisotopic (exact) mass is 252 g/mol. The van der Waals surface area contributed by atoms with Gasteiger partial charge in [-0.25, -0.2) is 0 Å². The summed E-state index contributed by atoms with van der Waals surface area (Å²) in [5, 5.41) is 6.58. The lowest BCUT2D eigenvalue weighted by Gasteiger charge is -2.03. The molecule has 3 nitrogen and oxygen atoms in total. The maximum atomic E-state index is 5.52. The molecule has 1 aromatic heterocycles. The van der Waals surface area contributed by atoms with Crippen LogP contribution in [0.1, 0.15) is 5.56 Å². The summed E-state index contributed by atoms with van der Waals surface area (Å²) in [6, 6.07) is 10.0. The van der Waals surface area contributed by atoms with Crippen LogP contribution in [0.2, 0.25) is 0 Å². The molecule has 72 valence electrons. The Morgan fingerprint density at radius 2 is 2.07 bits per heavy atom. The van der Waals surface area contributed by atoms with Crippen LogP contribution in [0.5, 0.6) is 5.75 Å². The van der Waals surface area contributed by atoms with Crippen molar-refractivity contribution in [2.24, 2.45) is 0 Å². The number of ether oxygens (including phenoxy) is 1. The highest BCUT2D eigenvalue weighted by atomic mass is 79.9. The lowest BCUT2D eigenvalue weighted by atomic mass is 10.2. The molecule has 0 saturated heterocycles. The number of rotatable bonds is 3. The molecular weight excluding hydrogens is 244 g/mol. The molecule has 4 heteroatoms. The number of H-pyrrole nitrogens is 1. The van der Waals surface area contributed by atoms with E-state index in [4.69, 9.17) is 4.74 Å². The fourth-order valence-electron chi connectivity index (χ4n) is 1.10. The van der Waals surface area contributed by atoms with E-state index in [9.17, 15) is 0 Å². The van der Waals surface area contributed by atoms with Gasteiger partial charge in [0.25, 0.3) is 0 Å². The van der Waals surface area contributed by atoms with Crippen molar-refractivity contribution in [1.82, 2.24) is 10.2 Å². The standard InChI is InChI=1S/C10H9BrN2O/c11-10-9(6-12-13-10)14-7-8-4-2-1-3-5-8/h1-6H,7H2,(H,12,13). The lowest BCUT2D eigenvalue weighted by molar-refractivity contribution is 0.304. The minimum Gasteiger partial charge on any atom is -0.484 e. The average Bonchev–Trinajstić information content (AvgIpc) is 2.63. The molecule has 0 unspecified atom stereocenters. The second kappa shape index (κ2) is 4.28. The van der Waals surface area contributed by atoms with E-state index in [0.717, 1.165) is 15.9 Å². The zero-order chi connectivity index (χ0) is 9.80. The molecule has 0 bridgehead atoms. The molecular formula is C10H9BrN2O. The number of halogens is 1. The van der Waals surface area contributed by atoms with Crippen molar-refractivity contribution < 1.29 is 4.74 Å². The second-order valence-electron chi connectivity index (χ2n) is 2.82. The smallest absolute Gasteiger partial charge is 0.171 e. The Labute approximate surface area is 90.2 Å². The quantitative estimate of drug-likeness (QED) is 0.913. The van der Waals surface area contributed by atoms with Gasteiger partial charge in [-0.1, -0.05) is 30.3 Å². The Bertz CT molecular complexity index is 400. The first kappa shape index (κ1) is 9.27. The Balaban J connectivity index is 1.99. The van der Waals surface area contributed by atoms with Gasteiger partial charge in [0.2, 0.25) is 0 Å². The zero-order valence-corrected chi connectivity index (χ0v) is 8.99. The van der Waals surface area contributed by atoms with Crippen LogP contribution >= 0.6 is 15.9 Å². The lowest BCUT2D eigenvalue weighted by Crippen LogP contribution is -1.94. The minimum atomic E-state index is 0.555. The van der Waals surface area contributed by atoms with Gasteiger partial charge >= 0.3 is 0 Å². The molecule has 0 aliphatic heterocycles. The molecule has 0 aliphatic carbocycles. The number of hydrogen-bond donors (Lipinski definition) is 1. The van der Waals surface area contributed by atoms with Gasteiger partial charge < -0.3 is 4.74 Å². The van der Waals surface area contributed by atoms with Crippen molar-refractivity contribution >= 4 is 15.9 Å². The number of nitrogens with one attached hydrogen (secondary N) is 1. The van der Waals surface area contributed by atoms with Gasteiger partial charge in [0.15, 0.2) is 5.75 Å². The van der Waals surface area contributed by atoms with Crippen LogP contribution in [0, 0.1) is 0 Å². The van der Waals surface area contributed by atoms with Gasteiger partial charge in [-0.05, 0) is 21.5 Å². The molecule has 1 aromatic carbocycles. The molecule has 2 rings (SSSR count). The van der Waals surface area contributed by atoms with Crippen molar-refractivity contribution in [2.45, 2.75) is 6.61 Å². The first-order valence-electron chi connectivity index (χ1n) is 4.22. The molecule has 0 atom stereocenters. The molecule has 0 fully saturated rings. The van der Waals surface area contributed by atoms with Gasteiger partial charge in [-0.3, -0.25) is 5.10 Å². The third-order valence-corrected chi connectivity index (χ3v) is 2.37. The van der Waals surface area contributed by atoms with Crippen molar-refractivity contribution in [2.75, 3.05) is 0 Å². The number of aromatic nitrogens is 2. The zero-order valence-electron chi connectivity index (χ0n) is 7.40. The van der Waals surface area contributed by atoms with E-state index in [0.29, 0.717) is 6.61 Å². The molecule has 0 spiro atoms. The van der Waals surface area contributed by atoms with E-state index in [1.165, 1.54) is 0 Å². The molecule has 0 saturated carbocycles. The van der Waals surface area contributed by atoms with Crippen LogP contribution in [0.3, 0.4) is 0 Å². The van der Waals surface area contributed by atoms with E-state index in [1.807, 2.05) is 30.3 Å². The highest BCUT2D eigenvalue weighted by Crippen LogP contribution is 2.21. The van der Waals surface area contributed by atoms with Crippen molar-refractivity contribution in [1.29, 1.82) is 0 Å². The second-order valence-corrected chi connectivity index (χ2v) is 3.62. The molecule has 0 amide bonds. The van der Waals surface area contributed by atoms with Crippen LogP contribution < -0.4 is 4.74 Å². The highest BCUT2D eigenvalue weighted by molar-refractivity contribution is 9.10. The minimum absolute atomic E-state index is 0.555. The van der Waals surface area contributed by atoms with E-state index in [-0.39, 0.29) is 0 Å². The summed E-state index contributed by atoms with van der Waals surface area (Å²) in [6.45, 7) is 0.555. The largest absolute Gasteiger partial charge is 0.484 e. The van der Waals surface area contributed by atoms with Gasteiger partial charge in [0.1, 0.15) is 11.2 Å². The van der Waals surface area contributed by atoms with Crippen LogP contribution in [-0.2, 0) is 6.61 Å². The number of aromatic amines is 1. The van der Waals surface area contributed by atoms with Gasteiger partial charge in [0.05, 0.1) is 6.20 Å². The molecule has 1 N–H and O–H groups in total. The predicted octanol–water partition coefficient (Wildman–Crippen LogP) is 2.75. The summed E-state index contributed by atoms with van der Waals surface area (Å²) >= 11 is 3.30. The van der Waals surface area contributed by atoms with Crippen molar-refractivity contribution in [3.8, 4) is 5.75 Å². The summed E-state index contributed by atoms with van der Waals surface area (Å²) < 4.78 is 6.29. The summed E-state index contributed by atoms with van der Waals surface area (Å²) in [5.41, 5.74) is 1.14. The number of nitrogens with zero attached hydrogens (tertiary/aromatic N) is 1. The van der Waals surface area contributed by atoms with Gasteiger partial charge in [-0.2, -0.15) is 5.10 Å². The molecule has 0 radical (unpaired) electrons. The fourth-order valence-corrected chi connectivity index (χ4v) is 1.41. The maximum absolute atomic E-state index is 5.52. The van der Waals surface area contributed by atoms with Crippen LogP contribution in [0.4, 0.5) is 0 Å². The van der Waals surface area contributed by atoms with Crippen LogP contribution in [0.25, 0.3) is 0 Å². The third-order valence-electron chi connectivity index (χ3n) is 1.80. The predicted molar refractivity (Wildman–Crippen MR) is 57.1 cm³/mol.